The zero-order chi connectivity index (χ0) is 18.2. The second-order valence-corrected chi connectivity index (χ2v) is 5.62. The number of rotatable bonds is 10. The van der Waals surface area contributed by atoms with E-state index in [2.05, 4.69) is 4.98 Å². The van der Waals surface area contributed by atoms with Crippen molar-refractivity contribution >= 4 is 29.3 Å². The second kappa shape index (κ2) is 10.9. The predicted molar refractivity (Wildman–Crippen MR) is 103 cm³/mol. The molecule has 0 aliphatic carbocycles. The standard InChI is InChI=1S/C18H24N2O5.ClH/c1-2-12-10-16-14(17(21)15(11-20-16)18(22)23)9-13(12)3-5-24-7-8-25-6-4-19;/h9-11H,2-8,19H2,1H3,(H,20,21)(H,22,23);1H. The highest BCUT2D eigenvalue weighted by Gasteiger charge is 2.13. The number of aromatic nitrogens is 1. The molecule has 0 atom stereocenters. The van der Waals surface area contributed by atoms with Crippen LogP contribution >= 0.6 is 12.4 Å². The average molecular weight is 385 g/mol. The number of hydrogen-bond donors (Lipinski definition) is 3. The number of aromatic amines is 1. The van der Waals surface area contributed by atoms with Crippen LogP contribution in [0.5, 0.6) is 0 Å². The lowest BCUT2D eigenvalue weighted by molar-refractivity contribution is 0.0519. The minimum atomic E-state index is -1.23. The molecule has 1 aromatic carbocycles. The van der Waals surface area contributed by atoms with Crippen molar-refractivity contribution < 1.29 is 19.4 Å². The smallest absolute Gasteiger partial charge is 0.341 e. The van der Waals surface area contributed by atoms with E-state index in [1.807, 2.05) is 13.0 Å². The van der Waals surface area contributed by atoms with Gasteiger partial charge in [0.05, 0.1) is 26.4 Å². The van der Waals surface area contributed by atoms with Crippen molar-refractivity contribution in [3.8, 4) is 0 Å². The predicted octanol–water partition coefficient (Wildman–Crippen LogP) is 1.74. The van der Waals surface area contributed by atoms with E-state index >= 15 is 0 Å². The number of ether oxygens (including phenoxy) is 2. The summed E-state index contributed by atoms with van der Waals surface area (Å²) in [6.07, 6.45) is 2.71. The lowest BCUT2D eigenvalue weighted by atomic mass is 9.99. The molecule has 144 valence electrons. The van der Waals surface area contributed by atoms with E-state index in [0.29, 0.717) is 50.3 Å². The number of hydrogen-bond acceptors (Lipinski definition) is 5. The summed E-state index contributed by atoms with van der Waals surface area (Å²) in [5.74, 6) is -1.23. The third-order valence-electron chi connectivity index (χ3n) is 3.96. The molecule has 1 heterocycles. The normalized spacial score (nSPS) is 10.7. The monoisotopic (exact) mass is 384 g/mol. The van der Waals surface area contributed by atoms with Crippen molar-refractivity contribution in [3.63, 3.8) is 0 Å². The number of carboxylic acids is 1. The second-order valence-electron chi connectivity index (χ2n) is 5.62. The number of aromatic carboxylic acids is 1. The van der Waals surface area contributed by atoms with Gasteiger partial charge in [0, 0.05) is 23.6 Å². The molecule has 0 radical (unpaired) electrons. The van der Waals surface area contributed by atoms with Crippen LogP contribution < -0.4 is 11.2 Å². The van der Waals surface area contributed by atoms with Crippen LogP contribution in [0.4, 0.5) is 0 Å². The Bertz CT molecular complexity index is 791. The van der Waals surface area contributed by atoms with Gasteiger partial charge in [0.15, 0.2) is 0 Å². The Labute approximate surface area is 157 Å². The Morgan fingerprint density at radius 1 is 1.15 bits per heavy atom. The van der Waals surface area contributed by atoms with Crippen LogP contribution in [-0.4, -0.2) is 49.0 Å². The lowest BCUT2D eigenvalue weighted by Gasteiger charge is -2.11. The molecule has 0 aliphatic rings. The highest BCUT2D eigenvalue weighted by Crippen LogP contribution is 2.18. The van der Waals surface area contributed by atoms with Crippen molar-refractivity contribution in [2.45, 2.75) is 19.8 Å². The summed E-state index contributed by atoms with van der Waals surface area (Å²) in [5, 5.41) is 9.48. The molecule has 0 bridgehead atoms. The molecule has 0 saturated heterocycles. The van der Waals surface area contributed by atoms with Crippen molar-refractivity contribution in [1.82, 2.24) is 4.98 Å². The van der Waals surface area contributed by atoms with E-state index in [9.17, 15) is 9.59 Å². The quantitative estimate of drug-likeness (QED) is 0.537. The van der Waals surface area contributed by atoms with Crippen LogP contribution in [0.15, 0.2) is 23.1 Å². The van der Waals surface area contributed by atoms with Crippen molar-refractivity contribution in [3.05, 3.63) is 45.2 Å². The van der Waals surface area contributed by atoms with Gasteiger partial charge >= 0.3 is 5.97 Å². The van der Waals surface area contributed by atoms with Gasteiger partial charge in [-0.15, -0.1) is 12.4 Å². The topological polar surface area (TPSA) is 115 Å². The third kappa shape index (κ3) is 5.54. The van der Waals surface area contributed by atoms with Gasteiger partial charge in [-0.25, -0.2) is 4.79 Å². The highest BCUT2D eigenvalue weighted by molar-refractivity contribution is 5.92. The van der Waals surface area contributed by atoms with Gasteiger partial charge in [-0.05, 0) is 36.1 Å². The van der Waals surface area contributed by atoms with E-state index in [-0.39, 0.29) is 18.0 Å². The molecular weight excluding hydrogens is 360 g/mol. The van der Waals surface area contributed by atoms with Crippen LogP contribution in [0.25, 0.3) is 10.9 Å². The van der Waals surface area contributed by atoms with Gasteiger partial charge in [0.25, 0.3) is 0 Å². The molecule has 0 amide bonds. The number of halogens is 1. The summed E-state index contributed by atoms with van der Waals surface area (Å²) in [7, 11) is 0. The van der Waals surface area contributed by atoms with Crippen molar-refractivity contribution in [1.29, 1.82) is 0 Å². The fraction of sp³-hybridized carbons (Fsp3) is 0.444. The number of nitrogens with two attached hydrogens (primary N) is 1. The van der Waals surface area contributed by atoms with Crippen molar-refractivity contribution in [2.24, 2.45) is 5.73 Å². The lowest BCUT2D eigenvalue weighted by Crippen LogP contribution is -2.16. The van der Waals surface area contributed by atoms with Gasteiger partial charge in [-0.3, -0.25) is 4.79 Å². The molecule has 0 unspecified atom stereocenters. The summed E-state index contributed by atoms with van der Waals surface area (Å²) in [6.45, 7) is 4.53. The number of fused-ring (bicyclic) bond motifs is 1. The molecule has 7 nitrogen and oxygen atoms in total. The van der Waals surface area contributed by atoms with E-state index in [0.717, 1.165) is 17.5 Å². The van der Waals surface area contributed by atoms with E-state index in [1.165, 1.54) is 6.20 Å². The number of nitrogens with one attached hydrogen (secondary N) is 1. The molecule has 0 aliphatic heterocycles. The van der Waals surface area contributed by atoms with Crippen molar-refractivity contribution in [2.75, 3.05) is 33.0 Å². The maximum absolute atomic E-state index is 12.3. The van der Waals surface area contributed by atoms with Crippen LogP contribution in [0.3, 0.4) is 0 Å². The Hall–Kier alpha value is -1.93. The number of carbonyl (C=O) groups is 1. The summed E-state index contributed by atoms with van der Waals surface area (Å²) in [5.41, 5.74) is 7.35. The molecule has 0 spiro atoms. The summed E-state index contributed by atoms with van der Waals surface area (Å²) in [4.78, 5) is 26.4. The first kappa shape index (κ1) is 22.1. The molecule has 26 heavy (non-hydrogen) atoms. The Morgan fingerprint density at radius 2 is 1.85 bits per heavy atom. The zero-order valence-electron chi connectivity index (χ0n) is 14.7. The van der Waals surface area contributed by atoms with E-state index in [4.69, 9.17) is 20.3 Å². The molecule has 4 N–H and O–H groups in total. The van der Waals surface area contributed by atoms with Gasteiger partial charge < -0.3 is 25.3 Å². The largest absolute Gasteiger partial charge is 0.477 e. The zero-order valence-corrected chi connectivity index (χ0v) is 15.6. The average Bonchev–Trinajstić information content (AvgIpc) is 2.60. The van der Waals surface area contributed by atoms with Crippen LogP contribution in [0.2, 0.25) is 0 Å². The number of aryl methyl sites for hydroxylation is 1. The minimum Gasteiger partial charge on any atom is -0.477 e. The SMILES string of the molecule is CCc1cc2[nH]cc(C(=O)O)c(=O)c2cc1CCOCCOCCN.Cl. The molecular formula is C18H25ClN2O5. The van der Waals surface area contributed by atoms with E-state index in [1.54, 1.807) is 6.07 Å². The first-order valence-electron chi connectivity index (χ1n) is 8.34. The Balaban J connectivity index is 0.00000338. The van der Waals surface area contributed by atoms with Gasteiger partial charge in [-0.2, -0.15) is 0 Å². The summed E-state index contributed by atoms with van der Waals surface area (Å²) >= 11 is 0. The summed E-state index contributed by atoms with van der Waals surface area (Å²) < 4.78 is 10.8. The highest BCUT2D eigenvalue weighted by atomic mass is 35.5. The van der Waals surface area contributed by atoms with Crippen LogP contribution in [-0.2, 0) is 22.3 Å². The molecule has 0 saturated carbocycles. The maximum Gasteiger partial charge on any atom is 0.341 e. The third-order valence-corrected chi connectivity index (χ3v) is 3.96. The number of carboxylic acid groups (broad SMARTS) is 1. The fourth-order valence-electron chi connectivity index (χ4n) is 2.67. The first-order chi connectivity index (χ1) is 12.1. The Kier molecular flexibility index (Phi) is 9.29. The number of pyridine rings is 1. The molecule has 2 aromatic rings. The molecule has 1 aromatic heterocycles. The van der Waals surface area contributed by atoms with Crippen LogP contribution in [0, 0.1) is 0 Å². The first-order valence-corrected chi connectivity index (χ1v) is 8.34. The van der Waals surface area contributed by atoms with Gasteiger partial charge in [0.1, 0.15) is 5.56 Å². The van der Waals surface area contributed by atoms with Gasteiger partial charge in [0.2, 0.25) is 5.43 Å². The maximum atomic E-state index is 12.3. The number of H-pyrrole nitrogens is 1. The minimum absolute atomic E-state index is 0. The fourth-order valence-corrected chi connectivity index (χ4v) is 2.67. The van der Waals surface area contributed by atoms with Gasteiger partial charge in [-0.1, -0.05) is 6.92 Å². The van der Waals surface area contributed by atoms with E-state index < -0.39 is 11.4 Å². The molecule has 0 fully saturated rings. The molecule has 2 rings (SSSR count). The summed E-state index contributed by atoms with van der Waals surface area (Å²) in [6, 6.07) is 3.68. The molecule has 8 heteroatoms. The Morgan fingerprint density at radius 3 is 2.46 bits per heavy atom. The number of benzene rings is 1. The van der Waals surface area contributed by atoms with Crippen LogP contribution in [0.1, 0.15) is 28.4 Å².